The Hall–Kier alpha value is -2.34. The van der Waals surface area contributed by atoms with E-state index >= 15 is 0 Å². The molecule has 0 atom stereocenters. The van der Waals surface area contributed by atoms with Crippen LogP contribution in [0.1, 0.15) is 27.7 Å². The highest BCUT2D eigenvalue weighted by Crippen LogP contribution is 2.25. The standard InChI is InChI=1S/C20H16Cl2N2O2S/c1-2-5-14-6-3-4-7-17(14)26-11-13-8-18(27-12-13)20(25)24-19-16(22)9-15(21)10-23-19/h2-10,12H,11H2,1H3,(H,23,24,25)/b5-2+. The maximum atomic E-state index is 12.4. The number of amides is 1. The maximum Gasteiger partial charge on any atom is 0.266 e. The fourth-order valence-corrected chi connectivity index (χ4v) is 3.56. The van der Waals surface area contributed by atoms with Crippen LogP contribution >= 0.6 is 34.5 Å². The smallest absolute Gasteiger partial charge is 0.266 e. The number of carbonyl (C=O) groups is 1. The summed E-state index contributed by atoms with van der Waals surface area (Å²) in [6.07, 6.45) is 5.38. The van der Waals surface area contributed by atoms with E-state index in [-0.39, 0.29) is 16.7 Å². The van der Waals surface area contributed by atoms with Gasteiger partial charge in [-0.05, 0) is 30.5 Å². The van der Waals surface area contributed by atoms with Gasteiger partial charge in [-0.1, -0.05) is 53.6 Å². The summed E-state index contributed by atoms with van der Waals surface area (Å²) in [6, 6.07) is 11.1. The van der Waals surface area contributed by atoms with Gasteiger partial charge < -0.3 is 10.1 Å². The van der Waals surface area contributed by atoms with Gasteiger partial charge in [0.15, 0.2) is 5.82 Å². The van der Waals surface area contributed by atoms with E-state index in [2.05, 4.69) is 10.3 Å². The van der Waals surface area contributed by atoms with Crippen molar-refractivity contribution in [3.05, 3.63) is 80.1 Å². The number of hydrogen-bond donors (Lipinski definition) is 1. The van der Waals surface area contributed by atoms with Crippen molar-refractivity contribution in [3.8, 4) is 5.75 Å². The number of nitrogens with one attached hydrogen (secondary N) is 1. The summed E-state index contributed by atoms with van der Waals surface area (Å²) in [5, 5.41) is 5.28. The van der Waals surface area contributed by atoms with Crippen molar-refractivity contribution >= 4 is 52.3 Å². The van der Waals surface area contributed by atoms with Gasteiger partial charge in [0.05, 0.1) is 14.9 Å². The Labute approximate surface area is 171 Å². The minimum Gasteiger partial charge on any atom is -0.488 e. The molecule has 2 heterocycles. The largest absolute Gasteiger partial charge is 0.488 e. The van der Waals surface area contributed by atoms with E-state index in [1.54, 1.807) is 6.07 Å². The van der Waals surface area contributed by atoms with E-state index in [1.807, 2.05) is 48.7 Å². The molecule has 3 aromatic rings. The van der Waals surface area contributed by atoms with Crippen molar-refractivity contribution in [3.63, 3.8) is 0 Å². The molecular formula is C20H16Cl2N2O2S. The van der Waals surface area contributed by atoms with E-state index < -0.39 is 0 Å². The van der Waals surface area contributed by atoms with Crippen LogP contribution in [0.5, 0.6) is 5.75 Å². The zero-order valence-corrected chi connectivity index (χ0v) is 16.7. The monoisotopic (exact) mass is 418 g/mol. The number of allylic oxidation sites excluding steroid dienone is 1. The first-order chi connectivity index (χ1) is 13.1. The number of rotatable bonds is 6. The van der Waals surface area contributed by atoms with Gasteiger partial charge in [-0.2, -0.15) is 0 Å². The van der Waals surface area contributed by atoms with Gasteiger partial charge in [0.25, 0.3) is 5.91 Å². The second-order valence-corrected chi connectivity index (χ2v) is 7.34. The topological polar surface area (TPSA) is 51.2 Å². The van der Waals surface area contributed by atoms with E-state index in [0.29, 0.717) is 16.5 Å². The summed E-state index contributed by atoms with van der Waals surface area (Å²) in [7, 11) is 0. The number of ether oxygens (including phenoxy) is 1. The van der Waals surface area contributed by atoms with Crippen LogP contribution in [0.3, 0.4) is 0 Å². The van der Waals surface area contributed by atoms with Crippen molar-refractivity contribution in [2.45, 2.75) is 13.5 Å². The highest BCUT2D eigenvalue weighted by Gasteiger charge is 2.13. The Kier molecular flexibility index (Phi) is 6.50. The summed E-state index contributed by atoms with van der Waals surface area (Å²) in [4.78, 5) is 17.0. The molecule has 0 fully saturated rings. The SMILES string of the molecule is C/C=C/c1ccccc1OCc1csc(C(=O)Nc2ncc(Cl)cc2Cl)c1. The van der Waals surface area contributed by atoms with Crippen LogP contribution in [0.2, 0.25) is 10.0 Å². The zero-order valence-electron chi connectivity index (χ0n) is 14.4. The highest BCUT2D eigenvalue weighted by molar-refractivity contribution is 7.12. The number of thiophene rings is 1. The number of hydrogen-bond acceptors (Lipinski definition) is 4. The fraction of sp³-hybridized carbons (Fsp3) is 0.100. The molecule has 0 unspecified atom stereocenters. The number of aromatic nitrogens is 1. The summed E-state index contributed by atoms with van der Waals surface area (Å²) in [5.41, 5.74) is 1.92. The number of carbonyl (C=O) groups excluding carboxylic acids is 1. The molecule has 0 bridgehead atoms. The third-order valence-corrected chi connectivity index (χ3v) is 5.05. The molecule has 0 spiro atoms. The minimum absolute atomic E-state index is 0.276. The molecule has 0 saturated heterocycles. The highest BCUT2D eigenvalue weighted by atomic mass is 35.5. The van der Waals surface area contributed by atoms with Crippen LogP contribution in [-0.4, -0.2) is 10.9 Å². The van der Waals surface area contributed by atoms with E-state index in [4.69, 9.17) is 27.9 Å². The van der Waals surface area contributed by atoms with E-state index in [1.165, 1.54) is 23.6 Å². The average molecular weight is 419 g/mol. The lowest BCUT2D eigenvalue weighted by molar-refractivity contribution is 0.103. The molecule has 0 radical (unpaired) electrons. The predicted octanol–water partition coefficient (Wildman–Crippen LogP) is 6.31. The molecule has 7 heteroatoms. The van der Waals surface area contributed by atoms with Crippen LogP contribution in [0.15, 0.2) is 54.1 Å². The number of anilines is 1. The van der Waals surface area contributed by atoms with Crippen molar-refractivity contribution < 1.29 is 9.53 Å². The average Bonchev–Trinajstić information content (AvgIpc) is 3.13. The molecule has 0 aliphatic rings. The lowest BCUT2D eigenvalue weighted by Gasteiger charge is -2.08. The van der Waals surface area contributed by atoms with Crippen LogP contribution in [0.4, 0.5) is 5.82 Å². The van der Waals surface area contributed by atoms with Gasteiger partial charge in [0.2, 0.25) is 0 Å². The maximum absolute atomic E-state index is 12.4. The van der Waals surface area contributed by atoms with E-state index in [0.717, 1.165) is 16.9 Å². The number of pyridine rings is 1. The van der Waals surface area contributed by atoms with Gasteiger partial charge >= 0.3 is 0 Å². The Morgan fingerprint density at radius 3 is 2.89 bits per heavy atom. The lowest BCUT2D eigenvalue weighted by atomic mass is 10.2. The van der Waals surface area contributed by atoms with Gasteiger partial charge in [-0.15, -0.1) is 11.3 Å². The van der Waals surface area contributed by atoms with Crippen LogP contribution in [0, 0.1) is 0 Å². The molecule has 1 N–H and O–H groups in total. The van der Waals surface area contributed by atoms with E-state index in [9.17, 15) is 4.79 Å². The van der Waals surface area contributed by atoms with Crippen LogP contribution in [0.25, 0.3) is 6.08 Å². The fourth-order valence-electron chi connectivity index (χ4n) is 2.34. The second-order valence-electron chi connectivity index (χ2n) is 5.58. The second kappa shape index (κ2) is 9.04. The molecule has 1 aromatic carbocycles. The summed E-state index contributed by atoms with van der Waals surface area (Å²) >= 11 is 13.2. The number of benzene rings is 1. The first kappa shape index (κ1) is 19.4. The molecule has 1 amide bonds. The Bertz CT molecular complexity index is 986. The molecule has 4 nitrogen and oxygen atoms in total. The van der Waals surface area contributed by atoms with Gasteiger partial charge in [0, 0.05) is 17.3 Å². The third-order valence-electron chi connectivity index (χ3n) is 3.58. The predicted molar refractivity (Wildman–Crippen MR) is 112 cm³/mol. The number of nitrogens with zero attached hydrogens (tertiary/aromatic N) is 1. The molecular weight excluding hydrogens is 403 g/mol. The van der Waals surface area contributed by atoms with Crippen molar-refractivity contribution in [1.29, 1.82) is 0 Å². The molecule has 0 aliphatic carbocycles. The van der Waals surface area contributed by atoms with Crippen LogP contribution < -0.4 is 10.1 Å². The van der Waals surface area contributed by atoms with Crippen molar-refractivity contribution in [1.82, 2.24) is 4.98 Å². The zero-order chi connectivity index (χ0) is 19.2. The first-order valence-electron chi connectivity index (χ1n) is 8.11. The summed E-state index contributed by atoms with van der Waals surface area (Å²) in [5.74, 6) is 0.791. The third kappa shape index (κ3) is 5.10. The Morgan fingerprint density at radius 1 is 1.30 bits per heavy atom. The van der Waals surface area contributed by atoms with Crippen LogP contribution in [-0.2, 0) is 6.61 Å². The quantitative estimate of drug-likeness (QED) is 0.509. The first-order valence-corrected chi connectivity index (χ1v) is 9.74. The summed E-state index contributed by atoms with van der Waals surface area (Å²) in [6.45, 7) is 2.33. The molecule has 27 heavy (non-hydrogen) atoms. The molecule has 0 saturated carbocycles. The normalized spacial score (nSPS) is 10.9. The Balaban J connectivity index is 1.65. The molecule has 138 valence electrons. The minimum atomic E-state index is -0.280. The number of para-hydroxylation sites is 1. The molecule has 3 rings (SSSR count). The van der Waals surface area contributed by atoms with Gasteiger partial charge in [0.1, 0.15) is 12.4 Å². The Morgan fingerprint density at radius 2 is 2.11 bits per heavy atom. The van der Waals surface area contributed by atoms with Crippen molar-refractivity contribution in [2.24, 2.45) is 0 Å². The molecule has 2 aromatic heterocycles. The molecule has 0 aliphatic heterocycles. The lowest BCUT2D eigenvalue weighted by Crippen LogP contribution is -2.11. The van der Waals surface area contributed by atoms with Gasteiger partial charge in [-0.3, -0.25) is 4.79 Å². The van der Waals surface area contributed by atoms with Gasteiger partial charge in [-0.25, -0.2) is 4.98 Å². The summed E-state index contributed by atoms with van der Waals surface area (Å²) < 4.78 is 5.89. The van der Waals surface area contributed by atoms with Crippen molar-refractivity contribution in [2.75, 3.05) is 5.32 Å². The number of halogens is 2.